The summed E-state index contributed by atoms with van der Waals surface area (Å²) in [7, 11) is 0. The van der Waals surface area contributed by atoms with Gasteiger partial charge in [-0.05, 0) is 42.0 Å². The summed E-state index contributed by atoms with van der Waals surface area (Å²) in [5.74, 6) is -2.59. The maximum Gasteiger partial charge on any atom is 0.170 e. The minimum Gasteiger partial charge on any atom is -0.294 e. The molecule has 0 aliphatic rings. The van der Waals surface area contributed by atoms with Crippen molar-refractivity contribution in [3.8, 4) is 0 Å². The molecule has 0 unspecified atom stereocenters. The lowest BCUT2D eigenvalue weighted by atomic mass is 10.0. The third-order valence-electron chi connectivity index (χ3n) is 2.59. The third-order valence-corrected chi connectivity index (χ3v) is 3.36. The standard InChI is InChI=1S/C14H8BrF3O/c15-12-3-1-9(16)5-8(12)6-14(19)11-7-10(17)2-4-13(11)18/h1-5,7H,6H2. The van der Waals surface area contributed by atoms with E-state index < -0.39 is 23.2 Å². The zero-order chi connectivity index (χ0) is 14.0. The van der Waals surface area contributed by atoms with E-state index in [1.807, 2.05) is 0 Å². The summed E-state index contributed by atoms with van der Waals surface area (Å²) < 4.78 is 40.0. The van der Waals surface area contributed by atoms with Crippen LogP contribution >= 0.6 is 15.9 Å². The Hall–Kier alpha value is -1.62. The van der Waals surface area contributed by atoms with Gasteiger partial charge in [0.05, 0.1) is 5.56 Å². The van der Waals surface area contributed by atoms with Crippen molar-refractivity contribution in [1.29, 1.82) is 0 Å². The van der Waals surface area contributed by atoms with Crippen LogP contribution in [0.1, 0.15) is 15.9 Å². The van der Waals surface area contributed by atoms with Crippen molar-refractivity contribution < 1.29 is 18.0 Å². The number of hydrogen-bond acceptors (Lipinski definition) is 1. The average molecular weight is 329 g/mol. The number of Topliss-reactive ketones (excluding diaryl/α,β-unsaturated/α-hetero) is 1. The topological polar surface area (TPSA) is 17.1 Å². The van der Waals surface area contributed by atoms with E-state index in [0.29, 0.717) is 10.0 Å². The monoisotopic (exact) mass is 328 g/mol. The smallest absolute Gasteiger partial charge is 0.170 e. The van der Waals surface area contributed by atoms with Gasteiger partial charge >= 0.3 is 0 Å². The first-order valence-corrected chi connectivity index (χ1v) is 6.19. The molecule has 0 amide bonds. The van der Waals surface area contributed by atoms with Gasteiger partial charge in [-0.15, -0.1) is 0 Å². The van der Waals surface area contributed by atoms with E-state index in [4.69, 9.17) is 0 Å². The van der Waals surface area contributed by atoms with Crippen LogP contribution in [0.2, 0.25) is 0 Å². The van der Waals surface area contributed by atoms with Crippen LogP contribution in [0.4, 0.5) is 13.2 Å². The van der Waals surface area contributed by atoms with Crippen molar-refractivity contribution in [3.05, 3.63) is 69.4 Å². The molecule has 0 atom stereocenters. The van der Waals surface area contributed by atoms with Gasteiger partial charge < -0.3 is 0 Å². The molecule has 0 fully saturated rings. The minimum absolute atomic E-state index is 0.210. The number of halogens is 4. The second-order valence-corrected chi connectivity index (χ2v) is 4.81. The minimum atomic E-state index is -0.793. The average Bonchev–Trinajstić information content (AvgIpc) is 2.36. The van der Waals surface area contributed by atoms with Gasteiger partial charge in [-0.2, -0.15) is 0 Å². The van der Waals surface area contributed by atoms with Crippen LogP contribution in [0, 0.1) is 17.5 Å². The summed E-state index contributed by atoms with van der Waals surface area (Å²) >= 11 is 3.18. The molecule has 98 valence electrons. The second-order valence-electron chi connectivity index (χ2n) is 3.96. The molecule has 2 aromatic rings. The molecular weight excluding hydrogens is 321 g/mol. The van der Waals surface area contributed by atoms with Crippen molar-refractivity contribution in [3.63, 3.8) is 0 Å². The van der Waals surface area contributed by atoms with Crippen LogP contribution in [0.5, 0.6) is 0 Å². The zero-order valence-electron chi connectivity index (χ0n) is 9.59. The molecule has 2 rings (SSSR count). The molecule has 0 aliphatic heterocycles. The zero-order valence-corrected chi connectivity index (χ0v) is 11.2. The molecule has 0 aromatic heterocycles. The summed E-state index contributed by atoms with van der Waals surface area (Å²) in [6.07, 6.45) is -0.210. The molecule has 0 N–H and O–H groups in total. The molecule has 19 heavy (non-hydrogen) atoms. The Labute approximate surface area is 116 Å². The SMILES string of the molecule is O=C(Cc1cc(F)ccc1Br)c1cc(F)ccc1F. The summed E-state index contributed by atoms with van der Waals surface area (Å²) in [4.78, 5) is 11.9. The fourth-order valence-corrected chi connectivity index (χ4v) is 2.04. The van der Waals surface area contributed by atoms with Crippen molar-refractivity contribution >= 4 is 21.7 Å². The highest BCUT2D eigenvalue weighted by Crippen LogP contribution is 2.21. The maximum absolute atomic E-state index is 13.4. The van der Waals surface area contributed by atoms with E-state index in [1.54, 1.807) is 0 Å². The normalized spacial score (nSPS) is 10.5. The van der Waals surface area contributed by atoms with Crippen molar-refractivity contribution in [2.75, 3.05) is 0 Å². The Morgan fingerprint density at radius 2 is 1.63 bits per heavy atom. The largest absolute Gasteiger partial charge is 0.294 e. The molecule has 0 saturated carbocycles. The fourth-order valence-electron chi connectivity index (χ4n) is 1.66. The van der Waals surface area contributed by atoms with Crippen LogP contribution in [-0.4, -0.2) is 5.78 Å². The number of carbonyl (C=O) groups is 1. The van der Waals surface area contributed by atoms with Crippen LogP contribution in [0.15, 0.2) is 40.9 Å². The highest BCUT2D eigenvalue weighted by Gasteiger charge is 2.15. The van der Waals surface area contributed by atoms with Crippen LogP contribution < -0.4 is 0 Å². The van der Waals surface area contributed by atoms with Crippen LogP contribution in [0.3, 0.4) is 0 Å². The quantitative estimate of drug-likeness (QED) is 0.768. The van der Waals surface area contributed by atoms with Gasteiger partial charge in [-0.25, -0.2) is 13.2 Å². The van der Waals surface area contributed by atoms with Gasteiger partial charge in [0.2, 0.25) is 0 Å². The predicted octanol–water partition coefficient (Wildman–Crippen LogP) is 4.29. The van der Waals surface area contributed by atoms with Gasteiger partial charge in [0.15, 0.2) is 5.78 Å². The van der Waals surface area contributed by atoms with Gasteiger partial charge in [-0.1, -0.05) is 15.9 Å². The molecule has 0 saturated heterocycles. The van der Waals surface area contributed by atoms with Gasteiger partial charge in [-0.3, -0.25) is 4.79 Å². The molecule has 1 nitrogen and oxygen atoms in total. The van der Waals surface area contributed by atoms with Crippen molar-refractivity contribution in [2.45, 2.75) is 6.42 Å². The summed E-state index contributed by atoms with van der Waals surface area (Å²) in [5.41, 5.74) is 0.0461. The van der Waals surface area contributed by atoms with Crippen LogP contribution in [0.25, 0.3) is 0 Å². The Bertz CT molecular complexity index is 641. The summed E-state index contributed by atoms with van der Waals surface area (Å²) in [6, 6.07) is 6.54. The molecule has 2 aromatic carbocycles. The van der Waals surface area contributed by atoms with Crippen LogP contribution in [-0.2, 0) is 6.42 Å². The first-order chi connectivity index (χ1) is 8.97. The molecule has 0 radical (unpaired) electrons. The van der Waals surface area contributed by atoms with Crippen molar-refractivity contribution in [2.24, 2.45) is 0 Å². The number of carbonyl (C=O) groups excluding carboxylic acids is 1. The Morgan fingerprint density at radius 1 is 1.00 bits per heavy atom. The molecule has 0 aliphatic carbocycles. The first-order valence-electron chi connectivity index (χ1n) is 5.39. The molecule has 5 heteroatoms. The van der Waals surface area contributed by atoms with Gasteiger partial charge in [0.1, 0.15) is 17.5 Å². The lowest BCUT2D eigenvalue weighted by Crippen LogP contribution is -2.07. The highest BCUT2D eigenvalue weighted by molar-refractivity contribution is 9.10. The molecule has 0 heterocycles. The lowest BCUT2D eigenvalue weighted by molar-refractivity contribution is 0.0988. The Morgan fingerprint density at radius 3 is 2.37 bits per heavy atom. The number of benzene rings is 2. The van der Waals surface area contributed by atoms with Gasteiger partial charge in [0.25, 0.3) is 0 Å². The molecule has 0 spiro atoms. The highest BCUT2D eigenvalue weighted by atomic mass is 79.9. The first kappa shape index (κ1) is 13.8. The van der Waals surface area contributed by atoms with Gasteiger partial charge in [0, 0.05) is 10.9 Å². The lowest BCUT2D eigenvalue weighted by Gasteiger charge is -2.05. The van der Waals surface area contributed by atoms with E-state index in [1.165, 1.54) is 18.2 Å². The summed E-state index contributed by atoms with van der Waals surface area (Å²) in [6.45, 7) is 0. The van der Waals surface area contributed by atoms with E-state index in [-0.39, 0.29) is 12.0 Å². The third kappa shape index (κ3) is 3.23. The fraction of sp³-hybridized carbons (Fsp3) is 0.0714. The van der Waals surface area contributed by atoms with E-state index in [0.717, 1.165) is 18.2 Å². The summed E-state index contributed by atoms with van der Waals surface area (Å²) in [5, 5.41) is 0. The Balaban J connectivity index is 2.30. The Kier molecular flexibility index (Phi) is 4.04. The number of hydrogen-bond donors (Lipinski definition) is 0. The number of rotatable bonds is 3. The molecular formula is C14H8BrF3O. The van der Waals surface area contributed by atoms with Crippen molar-refractivity contribution in [1.82, 2.24) is 0 Å². The van der Waals surface area contributed by atoms with E-state index in [9.17, 15) is 18.0 Å². The molecule has 0 bridgehead atoms. The maximum atomic E-state index is 13.4. The van der Waals surface area contributed by atoms with E-state index in [2.05, 4.69) is 15.9 Å². The predicted molar refractivity (Wildman–Crippen MR) is 68.5 cm³/mol. The van der Waals surface area contributed by atoms with E-state index >= 15 is 0 Å². The number of ketones is 1. The second kappa shape index (κ2) is 5.57.